The Labute approximate surface area is 112 Å². The second-order valence-electron chi connectivity index (χ2n) is 4.97. The number of carboxylic acids is 1. The molecule has 1 aromatic heterocycles. The molecule has 0 radical (unpaired) electrons. The molecule has 1 saturated carbocycles. The van der Waals surface area contributed by atoms with Crippen LogP contribution in [0.1, 0.15) is 31.2 Å². The van der Waals surface area contributed by atoms with Gasteiger partial charge < -0.3 is 10.4 Å². The van der Waals surface area contributed by atoms with E-state index < -0.39 is 5.97 Å². The second-order valence-corrected chi connectivity index (χ2v) is 4.97. The van der Waals surface area contributed by atoms with E-state index >= 15 is 0 Å². The number of pyridine rings is 1. The molecule has 1 fully saturated rings. The van der Waals surface area contributed by atoms with Crippen molar-refractivity contribution in [3.8, 4) is 0 Å². The molecular weight excluding hydrogens is 244 g/mol. The number of aryl methyl sites for hydroxylation is 1. The predicted octanol–water partition coefficient (Wildman–Crippen LogP) is 1.38. The number of rotatable bonds is 5. The van der Waals surface area contributed by atoms with Crippen molar-refractivity contribution in [1.82, 2.24) is 10.3 Å². The highest BCUT2D eigenvalue weighted by Gasteiger charge is 2.30. The van der Waals surface area contributed by atoms with E-state index in [0.717, 1.165) is 12.0 Å². The summed E-state index contributed by atoms with van der Waals surface area (Å²) in [6, 6.07) is 3.81. The predicted molar refractivity (Wildman–Crippen MR) is 69.5 cm³/mol. The van der Waals surface area contributed by atoms with Crippen LogP contribution in [0.25, 0.3) is 0 Å². The first-order chi connectivity index (χ1) is 9.15. The number of amides is 1. The van der Waals surface area contributed by atoms with Crippen LogP contribution < -0.4 is 5.32 Å². The fourth-order valence-electron chi connectivity index (χ4n) is 2.44. The number of carboxylic acid groups (broad SMARTS) is 1. The summed E-state index contributed by atoms with van der Waals surface area (Å²) < 4.78 is 0. The molecule has 2 N–H and O–H groups in total. The van der Waals surface area contributed by atoms with E-state index in [1.165, 1.54) is 0 Å². The van der Waals surface area contributed by atoms with Gasteiger partial charge in [0.25, 0.3) is 0 Å². The first kappa shape index (κ1) is 13.5. The Balaban J connectivity index is 1.72. The summed E-state index contributed by atoms with van der Waals surface area (Å²) in [5.74, 6) is -1.07. The Morgan fingerprint density at radius 2 is 2.26 bits per heavy atom. The number of hydrogen-bond donors (Lipinski definition) is 2. The Hall–Kier alpha value is -1.91. The minimum atomic E-state index is -0.757. The molecule has 1 heterocycles. The molecule has 0 aliphatic heterocycles. The van der Waals surface area contributed by atoms with Gasteiger partial charge in [-0.15, -0.1) is 0 Å². The van der Waals surface area contributed by atoms with Crippen molar-refractivity contribution in [2.24, 2.45) is 5.92 Å². The Morgan fingerprint density at radius 1 is 1.42 bits per heavy atom. The molecule has 102 valence electrons. The van der Waals surface area contributed by atoms with E-state index in [9.17, 15) is 9.59 Å². The maximum atomic E-state index is 11.8. The fourth-order valence-corrected chi connectivity index (χ4v) is 2.44. The second kappa shape index (κ2) is 6.31. The van der Waals surface area contributed by atoms with Crippen molar-refractivity contribution < 1.29 is 14.7 Å². The zero-order chi connectivity index (χ0) is 13.7. The third-order valence-electron chi connectivity index (χ3n) is 3.51. The van der Waals surface area contributed by atoms with E-state index in [4.69, 9.17) is 5.11 Å². The van der Waals surface area contributed by atoms with Crippen LogP contribution in [0.15, 0.2) is 24.5 Å². The number of aromatic nitrogens is 1. The molecule has 5 heteroatoms. The SMILES string of the molecule is O=C(CCc1cccnc1)N[C@H]1CC[C@@H](C(=O)O)C1. The van der Waals surface area contributed by atoms with Gasteiger partial charge in [0.05, 0.1) is 5.92 Å². The first-order valence-corrected chi connectivity index (χ1v) is 6.56. The Bertz CT molecular complexity index is 447. The minimum Gasteiger partial charge on any atom is -0.481 e. The molecule has 2 atom stereocenters. The van der Waals surface area contributed by atoms with Crippen LogP contribution >= 0.6 is 0 Å². The van der Waals surface area contributed by atoms with Crippen molar-refractivity contribution in [3.63, 3.8) is 0 Å². The van der Waals surface area contributed by atoms with E-state index in [2.05, 4.69) is 10.3 Å². The number of aliphatic carboxylic acids is 1. The number of carbonyl (C=O) groups excluding carboxylic acids is 1. The molecule has 0 unspecified atom stereocenters. The minimum absolute atomic E-state index is 0.0140. The number of nitrogens with zero attached hydrogens (tertiary/aromatic N) is 1. The van der Waals surface area contributed by atoms with Crippen LogP contribution in [0, 0.1) is 5.92 Å². The van der Waals surface area contributed by atoms with Crippen LogP contribution in [-0.4, -0.2) is 28.0 Å². The molecule has 19 heavy (non-hydrogen) atoms. The Kier molecular flexibility index (Phi) is 4.49. The molecule has 1 aromatic rings. The summed E-state index contributed by atoms with van der Waals surface area (Å²) in [6.07, 6.45) is 6.50. The number of carbonyl (C=O) groups is 2. The van der Waals surface area contributed by atoms with Crippen LogP contribution in [0.2, 0.25) is 0 Å². The van der Waals surface area contributed by atoms with Crippen molar-refractivity contribution in [1.29, 1.82) is 0 Å². The summed E-state index contributed by atoms with van der Waals surface area (Å²) in [5.41, 5.74) is 1.03. The van der Waals surface area contributed by atoms with Gasteiger partial charge in [-0.2, -0.15) is 0 Å². The normalized spacial score (nSPS) is 22.1. The van der Waals surface area contributed by atoms with Crippen LogP contribution in [0.4, 0.5) is 0 Å². The van der Waals surface area contributed by atoms with Gasteiger partial charge in [-0.3, -0.25) is 14.6 Å². The van der Waals surface area contributed by atoms with Crippen molar-refractivity contribution in [2.45, 2.75) is 38.1 Å². The lowest BCUT2D eigenvalue weighted by Gasteiger charge is -2.12. The monoisotopic (exact) mass is 262 g/mol. The van der Waals surface area contributed by atoms with E-state index in [-0.39, 0.29) is 17.9 Å². The summed E-state index contributed by atoms with van der Waals surface area (Å²) >= 11 is 0. The van der Waals surface area contributed by atoms with Gasteiger partial charge in [-0.05, 0) is 37.3 Å². The highest BCUT2D eigenvalue weighted by molar-refractivity contribution is 5.77. The highest BCUT2D eigenvalue weighted by Crippen LogP contribution is 2.25. The zero-order valence-corrected chi connectivity index (χ0v) is 10.7. The van der Waals surface area contributed by atoms with Crippen LogP contribution in [0.5, 0.6) is 0 Å². The van der Waals surface area contributed by atoms with Gasteiger partial charge in [-0.25, -0.2) is 0 Å². The molecular formula is C14H18N2O3. The third-order valence-corrected chi connectivity index (χ3v) is 3.51. The number of nitrogens with one attached hydrogen (secondary N) is 1. The summed E-state index contributed by atoms with van der Waals surface area (Å²) in [6.45, 7) is 0. The summed E-state index contributed by atoms with van der Waals surface area (Å²) in [4.78, 5) is 26.6. The average Bonchev–Trinajstić information content (AvgIpc) is 2.86. The number of hydrogen-bond acceptors (Lipinski definition) is 3. The largest absolute Gasteiger partial charge is 0.481 e. The molecule has 0 bridgehead atoms. The lowest BCUT2D eigenvalue weighted by molar-refractivity contribution is -0.141. The summed E-state index contributed by atoms with van der Waals surface area (Å²) in [5, 5.41) is 11.8. The standard InChI is InChI=1S/C14H18N2O3/c17-13(6-3-10-2-1-7-15-9-10)16-12-5-4-11(8-12)14(18)19/h1-2,7,9,11-12H,3-6,8H2,(H,16,17)(H,18,19)/t11-,12+/m1/s1. The van der Waals surface area contributed by atoms with E-state index in [1.54, 1.807) is 12.4 Å². The fraction of sp³-hybridized carbons (Fsp3) is 0.500. The van der Waals surface area contributed by atoms with Gasteiger partial charge in [0.15, 0.2) is 0 Å². The zero-order valence-electron chi connectivity index (χ0n) is 10.7. The molecule has 1 aliphatic rings. The molecule has 1 amide bonds. The van der Waals surface area contributed by atoms with Crippen molar-refractivity contribution in [3.05, 3.63) is 30.1 Å². The highest BCUT2D eigenvalue weighted by atomic mass is 16.4. The smallest absolute Gasteiger partial charge is 0.306 e. The molecule has 2 rings (SSSR count). The molecule has 0 spiro atoms. The van der Waals surface area contributed by atoms with Crippen LogP contribution in [0.3, 0.4) is 0 Å². The lowest BCUT2D eigenvalue weighted by Crippen LogP contribution is -2.33. The van der Waals surface area contributed by atoms with Crippen molar-refractivity contribution >= 4 is 11.9 Å². The van der Waals surface area contributed by atoms with E-state index in [0.29, 0.717) is 25.7 Å². The van der Waals surface area contributed by atoms with Gasteiger partial charge >= 0.3 is 5.97 Å². The van der Waals surface area contributed by atoms with Gasteiger partial charge in [0.2, 0.25) is 5.91 Å². The van der Waals surface area contributed by atoms with Crippen LogP contribution in [-0.2, 0) is 16.0 Å². The van der Waals surface area contributed by atoms with Gasteiger partial charge in [0.1, 0.15) is 0 Å². The van der Waals surface area contributed by atoms with Crippen molar-refractivity contribution in [2.75, 3.05) is 0 Å². The molecule has 0 saturated heterocycles. The van der Waals surface area contributed by atoms with E-state index in [1.807, 2.05) is 12.1 Å². The molecule has 5 nitrogen and oxygen atoms in total. The topological polar surface area (TPSA) is 79.3 Å². The molecule has 1 aliphatic carbocycles. The molecule has 0 aromatic carbocycles. The quantitative estimate of drug-likeness (QED) is 0.840. The average molecular weight is 262 g/mol. The maximum Gasteiger partial charge on any atom is 0.306 e. The Morgan fingerprint density at radius 3 is 2.89 bits per heavy atom. The maximum absolute atomic E-state index is 11.8. The first-order valence-electron chi connectivity index (χ1n) is 6.56. The van der Waals surface area contributed by atoms with Gasteiger partial charge in [0, 0.05) is 24.9 Å². The third kappa shape index (κ3) is 4.05. The lowest BCUT2D eigenvalue weighted by atomic mass is 10.1. The van der Waals surface area contributed by atoms with Gasteiger partial charge in [-0.1, -0.05) is 6.07 Å². The summed E-state index contributed by atoms with van der Waals surface area (Å²) in [7, 11) is 0.